The Morgan fingerprint density at radius 1 is 1.10 bits per heavy atom. The maximum atomic E-state index is 11.3. The van der Waals surface area contributed by atoms with Crippen molar-refractivity contribution >= 4 is 33.5 Å². The first kappa shape index (κ1) is 22.9. The Kier molecular flexibility index (Phi) is 7.73. The SMILES string of the molecule is CCC[C@H](c1ccc(C(=O)O)cc1)C(Oc1ccc(Br)cc1C#N)c1ccc(Cl)cc1. The molecule has 0 saturated carbocycles. The van der Waals surface area contributed by atoms with E-state index in [1.807, 2.05) is 42.5 Å². The van der Waals surface area contributed by atoms with Crippen LogP contribution in [0.25, 0.3) is 0 Å². The van der Waals surface area contributed by atoms with E-state index in [-0.39, 0.29) is 17.6 Å². The summed E-state index contributed by atoms with van der Waals surface area (Å²) in [6.07, 6.45) is 1.34. The van der Waals surface area contributed by atoms with E-state index in [1.165, 1.54) is 0 Å². The Hall–Kier alpha value is -2.81. The summed E-state index contributed by atoms with van der Waals surface area (Å²) in [4.78, 5) is 11.3. The van der Waals surface area contributed by atoms with Gasteiger partial charge in [0.25, 0.3) is 0 Å². The average molecular weight is 499 g/mol. The zero-order chi connectivity index (χ0) is 22.4. The minimum atomic E-state index is -0.961. The standard InChI is InChI=1S/C25H21BrClNO3/c1-2-3-22(16-4-6-18(7-5-16)25(29)30)24(17-8-11-21(27)12-9-17)31-23-13-10-20(26)14-19(23)15-28/h4-14,22,24H,2-3H2,1H3,(H,29,30)/t22-,24?/m1/s1. The quantitative estimate of drug-likeness (QED) is 0.352. The zero-order valence-electron chi connectivity index (χ0n) is 16.9. The molecule has 0 fully saturated rings. The number of nitrogens with zero attached hydrogens (tertiary/aromatic N) is 1. The zero-order valence-corrected chi connectivity index (χ0v) is 19.2. The molecule has 0 radical (unpaired) electrons. The summed E-state index contributed by atoms with van der Waals surface area (Å²) < 4.78 is 7.26. The molecule has 3 aromatic rings. The molecule has 0 bridgehead atoms. The van der Waals surface area contributed by atoms with Gasteiger partial charge >= 0.3 is 5.97 Å². The lowest BCUT2D eigenvalue weighted by molar-refractivity contribution is 0.0697. The number of carbonyl (C=O) groups is 1. The summed E-state index contributed by atoms with van der Waals surface area (Å²) in [5.41, 5.74) is 2.58. The van der Waals surface area contributed by atoms with Crippen molar-refractivity contribution in [2.24, 2.45) is 0 Å². The summed E-state index contributed by atoms with van der Waals surface area (Å²) in [5.74, 6) is -0.518. The van der Waals surface area contributed by atoms with Crippen LogP contribution in [0.5, 0.6) is 5.75 Å². The monoisotopic (exact) mass is 497 g/mol. The maximum Gasteiger partial charge on any atom is 0.335 e. The second kappa shape index (κ2) is 10.5. The van der Waals surface area contributed by atoms with E-state index in [4.69, 9.17) is 16.3 Å². The lowest BCUT2D eigenvalue weighted by Crippen LogP contribution is -2.18. The number of carboxylic acids is 1. The summed E-state index contributed by atoms with van der Waals surface area (Å²) in [6.45, 7) is 2.10. The van der Waals surface area contributed by atoms with Gasteiger partial charge in [0.1, 0.15) is 17.9 Å². The second-order valence-electron chi connectivity index (χ2n) is 7.16. The predicted molar refractivity (Wildman–Crippen MR) is 125 cm³/mol. The number of rotatable bonds is 8. The molecule has 0 saturated heterocycles. The molecular weight excluding hydrogens is 478 g/mol. The highest BCUT2D eigenvalue weighted by Gasteiger charge is 2.27. The third-order valence-electron chi connectivity index (χ3n) is 5.07. The first-order valence-electron chi connectivity index (χ1n) is 9.88. The van der Waals surface area contributed by atoms with Crippen LogP contribution in [0.4, 0.5) is 0 Å². The summed E-state index contributed by atoms with van der Waals surface area (Å²) in [5, 5.41) is 19.4. The molecule has 3 aromatic carbocycles. The van der Waals surface area contributed by atoms with Crippen LogP contribution in [0, 0.1) is 11.3 Å². The highest BCUT2D eigenvalue weighted by molar-refractivity contribution is 9.10. The molecule has 1 N–H and O–H groups in total. The molecule has 0 heterocycles. The topological polar surface area (TPSA) is 70.3 Å². The van der Waals surface area contributed by atoms with Gasteiger partial charge in [0.15, 0.2) is 0 Å². The molecule has 158 valence electrons. The van der Waals surface area contributed by atoms with Gasteiger partial charge in [0.2, 0.25) is 0 Å². The molecule has 0 aliphatic heterocycles. The minimum absolute atomic E-state index is 0.0517. The molecule has 2 atom stereocenters. The van der Waals surface area contributed by atoms with Gasteiger partial charge in [0, 0.05) is 15.4 Å². The Labute approximate surface area is 195 Å². The molecule has 0 aliphatic carbocycles. The van der Waals surface area contributed by atoms with Crippen molar-refractivity contribution < 1.29 is 14.6 Å². The van der Waals surface area contributed by atoms with Crippen LogP contribution in [0.2, 0.25) is 5.02 Å². The number of aromatic carboxylic acids is 1. The number of nitriles is 1. The molecule has 3 rings (SSSR count). The van der Waals surface area contributed by atoms with Crippen molar-refractivity contribution in [3.05, 3.63) is 98.5 Å². The van der Waals surface area contributed by atoms with Crippen LogP contribution in [-0.2, 0) is 0 Å². The highest BCUT2D eigenvalue weighted by atomic mass is 79.9. The summed E-state index contributed by atoms with van der Waals surface area (Å²) >= 11 is 9.50. The van der Waals surface area contributed by atoms with Gasteiger partial charge in [-0.1, -0.05) is 65.1 Å². The van der Waals surface area contributed by atoms with Gasteiger partial charge < -0.3 is 9.84 Å². The summed E-state index contributed by atoms with van der Waals surface area (Å²) in [6, 6.07) is 21.9. The van der Waals surface area contributed by atoms with E-state index >= 15 is 0 Å². The first-order valence-corrected chi connectivity index (χ1v) is 11.0. The van der Waals surface area contributed by atoms with Crippen LogP contribution in [0.15, 0.2) is 71.2 Å². The Morgan fingerprint density at radius 2 is 1.74 bits per heavy atom. The van der Waals surface area contributed by atoms with E-state index in [1.54, 1.807) is 24.3 Å². The number of hydrogen-bond donors (Lipinski definition) is 1. The van der Waals surface area contributed by atoms with Crippen LogP contribution in [0.3, 0.4) is 0 Å². The van der Waals surface area contributed by atoms with Crippen molar-refractivity contribution in [2.75, 3.05) is 0 Å². The smallest absolute Gasteiger partial charge is 0.335 e. The molecule has 4 nitrogen and oxygen atoms in total. The molecule has 0 amide bonds. The lowest BCUT2D eigenvalue weighted by Gasteiger charge is -2.29. The number of benzene rings is 3. The molecule has 31 heavy (non-hydrogen) atoms. The average Bonchev–Trinajstić information content (AvgIpc) is 2.77. The predicted octanol–water partition coefficient (Wildman–Crippen LogP) is 7.38. The number of ether oxygens (including phenoxy) is 1. The molecule has 6 heteroatoms. The lowest BCUT2D eigenvalue weighted by atomic mass is 9.85. The van der Waals surface area contributed by atoms with Crippen molar-refractivity contribution in [3.8, 4) is 11.8 Å². The molecule has 0 aliphatic rings. The normalized spacial score (nSPS) is 12.6. The number of carboxylic acid groups (broad SMARTS) is 1. The van der Waals surface area contributed by atoms with Crippen LogP contribution in [-0.4, -0.2) is 11.1 Å². The fraction of sp³-hybridized carbons (Fsp3) is 0.200. The van der Waals surface area contributed by atoms with Crippen molar-refractivity contribution in [3.63, 3.8) is 0 Å². The van der Waals surface area contributed by atoms with Gasteiger partial charge in [-0.25, -0.2) is 4.79 Å². The first-order chi connectivity index (χ1) is 14.9. The number of hydrogen-bond acceptors (Lipinski definition) is 3. The molecule has 0 aromatic heterocycles. The molecular formula is C25H21BrClNO3. The van der Waals surface area contributed by atoms with Crippen molar-refractivity contribution in [1.29, 1.82) is 5.26 Å². The van der Waals surface area contributed by atoms with Gasteiger partial charge in [-0.15, -0.1) is 0 Å². The van der Waals surface area contributed by atoms with Crippen LogP contribution < -0.4 is 4.74 Å². The van der Waals surface area contributed by atoms with E-state index in [9.17, 15) is 15.2 Å². The molecule has 1 unspecified atom stereocenters. The van der Waals surface area contributed by atoms with Crippen molar-refractivity contribution in [2.45, 2.75) is 31.8 Å². The van der Waals surface area contributed by atoms with Gasteiger partial charge in [-0.05, 0) is 60.0 Å². The minimum Gasteiger partial charge on any atom is -0.484 e. The van der Waals surface area contributed by atoms with Gasteiger partial charge in [-0.3, -0.25) is 0 Å². The fourth-order valence-electron chi connectivity index (χ4n) is 3.54. The third kappa shape index (κ3) is 5.66. The Bertz CT molecular complexity index is 1090. The van der Waals surface area contributed by atoms with Crippen molar-refractivity contribution in [1.82, 2.24) is 0 Å². The molecule has 0 spiro atoms. The Morgan fingerprint density at radius 3 is 2.32 bits per heavy atom. The fourth-order valence-corrected chi connectivity index (χ4v) is 4.03. The highest BCUT2D eigenvalue weighted by Crippen LogP contribution is 2.40. The Balaban J connectivity index is 2.07. The van der Waals surface area contributed by atoms with Gasteiger partial charge in [0.05, 0.1) is 11.1 Å². The maximum absolute atomic E-state index is 11.3. The second-order valence-corrected chi connectivity index (χ2v) is 8.52. The van der Waals surface area contributed by atoms with Crippen LogP contribution >= 0.6 is 27.5 Å². The van der Waals surface area contributed by atoms with Gasteiger partial charge in [-0.2, -0.15) is 5.26 Å². The van der Waals surface area contributed by atoms with Crippen LogP contribution in [0.1, 0.15) is 58.8 Å². The van der Waals surface area contributed by atoms with E-state index in [2.05, 4.69) is 28.9 Å². The largest absolute Gasteiger partial charge is 0.484 e. The summed E-state index contributed by atoms with van der Waals surface area (Å²) in [7, 11) is 0. The van der Waals surface area contributed by atoms with E-state index < -0.39 is 5.97 Å². The van der Waals surface area contributed by atoms with E-state index in [0.717, 1.165) is 28.4 Å². The third-order valence-corrected chi connectivity index (χ3v) is 5.81. The van der Waals surface area contributed by atoms with E-state index in [0.29, 0.717) is 16.3 Å². The number of halogens is 2.